The van der Waals surface area contributed by atoms with Gasteiger partial charge in [-0.2, -0.15) is 0 Å². The van der Waals surface area contributed by atoms with E-state index in [4.69, 9.17) is 9.66 Å². The van der Waals surface area contributed by atoms with Crippen LogP contribution in [0.1, 0.15) is 5.69 Å². The van der Waals surface area contributed by atoms with Crippen LogP contribution in [0.4, 0.5) is 0 Å². The lowest BCUT2D eigenvalue weighted by Gasteiger charge is -2.03. The molecule has 0 saturated heterocycles. The average molecular weight is 238 g/mol. The Morgan fingerprint density at radius 1 is 1.31 bits per heavy atom. The van der Waals surface area contributed by atoms with Gasteiger partial charge in [0.2, 0.25) is 10.0 Å². The van der Waals surface area contributed by atoms with E-state index < -0.39 is 10.0 Å². The molecule has 0 atom stereocenters. The number of nitrogens with two attached hydrogens (primary N) is 1. The predicted octanol–water partition coefficient (Wildman–Crippen LogP) is 1.30. The molecule has 0 aliphatic heterocycles. The van der Waals surface area contributed by atoms with Gasteiger partial charge in [-0.3, -0.25) is 0 Å². The van der Waals surface area contributed by atoms with E-state index in [0.29, 0.717) is 17.0 Å². The zero-order valence-electron chi connectivity index (χ0n) is 8.54. The van der Waals surface area contributed by atoms with Crippen molar-refractivity contribution < 1.29 is 12.9 Å². The molecule has 6 heteroatoms. The maximum Gasteiger partial charge on any atom is 0.238 e. The minimum atomic E-state index is -3.76. The Kier molecular flexibility index (Phi) is 2.53. The topological polar surface area (TPSA) is 86.2 Å². The number of hydrogen-bond acceptors (Lipinski definition) is 4. The maximum absolute atomic E-state index is 11.3. The summed E-state index contributed by atoms with van der Waals surface area (Å²) < 4.78 is 27.7. The van der Waals surface area contributed by atoms with Gasteiger partial charge in [-0.05, 0) is 19.1 Å². The zero-order valence-corrected chi connectivity index (χ0v) is 9.36. The summed E-state index contributed by atoms with van der Waals surface area (Å²) >= 11 is 0. The van der Waals surface area contributed by atoms with E-state index in [1.54, 1.807) is 31.2 Å². The summed E-state index contributed by atoms with van der Waals surface area (Å²) in [6, 6.07) is 8.03. The van der Waals surface area contributed by atoms with Crippen molar-refractivity contribution in [2.45, 2.75) is 11.8 Å². The van der Waals surface area contributed by atoms with Crippen molar-refractivity contribution in [3.05, 3.63) is 36.0 Å². The second-order valence-electron chi connectivity index (χ2n) is 3.37. The molecule has 2 aromatic rings. The number of sulfonamides is 1. The second kappa shape index (κ2) is 3.73. The fourth-order valence-electron chi connectivity index (χ4n) is 1.41. The molecular formula is C10H10N2O3S. The Labute approximate surface area is 92.9 Å². The van der Waals surface area contributed by atoms with Crippen LogP contribution in [0.5, 0.6) is 0 Å². The molecular weight excluding hydrogens is 228 g/mol. The lowest BCUT2D eigenvalue weighted by atomic mass is 10.1. The number of primary sulfonamides is 1. The number of benzene rings is 1. The molecule has 0 saturated carbocycles. The summed E-state index contributed by atoms with van der Waals surface area (Å²) in [5, 5.41) is 8.82. The molecule has 0 spiro atoms. The van der Waals surface area contributed by atoms with Crippen LogP contribution in [0.15, 0.2) is 39.8 Å². The van der Waals surface area contributed by atoms with Crippen molar-refractivity contribution in [2.24, 2.45) is 5.14 Å². The van der Waals surface area contributed by atoms with E-state index in [-0.39, 0.29) is 4.90 Å². The van der Waals surface area contributed by atoms with E-state index in [2.05, 4.69) is 5.16 Å². The average Bonchev–Trinajstić information content (AvgIpc) is 2.64. The third-order valence-corrected chi connectivity index (χ3v) is 3.06. The first-order valence-corrected chi connectivity index (χ1v) is 6.08. The number of rotatable bonds is 2. The zero-order chi connectivity index (χ0) is 11.8. The molecule has 0 bridgehead atoms. The maximum atomic E-state index is 11.3. The fourth-order valence-corrected chi connectivity index (χ4v) is 2.15. The molecule has 1 aromatic heterocycles. The molecule has 1 heterocycles. The number of aromatic nitrogens is 1. The van der Waals surface area contributed by atoms with Crippen LogP contribution < -0.4 is 5.14 Å². The SMILES string of the molecule is Cc1cc(-c2ccccc2S(N)(=O)=O)on1. The van der Waals surface area contributed by atoms with Crippen LogP contribution in [0.25, 0.3) is 11.3 Å². The van der Waals surface area contributed by atoms with Gasteiger partial charge in [-0.15, -0.1) is 0 Å². The summed E-state index contributed by atoms with van der Waals surface area (Å²) in [6.45, 7) is 1.76. The molecule has 0 aliphatic carbocycles. The number of aryl methyl sites for hydroxylation is 1. The first-order chi connectivity index (χ1) is 7.48. The van der Waals surface area contributed by atoms with E-state index in [1.165, 1.54) is 6.07 Å². The van der Waals surface area contributed by atoms with Crippen LogP contribution in [0.3, 0.4) is 0 Å². The van der Waals surface area contributed by atoms with Gasteiger partial charge in [0.05, 0.1) is 10.6 Å². The van der Waals surface area contributed by atoms with E-state index in [9.17, 15) is 8.42 Å². The third kappa shape index (κ3) is 1.98. The molecule has 84 valence electrons. The van der Waals surface area contributed by atoms with Gasteiger partial charge in [0, 0.05) is 11.6 Å². The molecule has 1 aromatic carbocycles. The highest BCUT2D eigenvalue weighted by Gasteiger charge is 2.16. The smallest absolute Gasteiger partial charge is 0.238 e. The van der Waals surface area contributed by atoms with Crippen LogP contribution in [0.2, 0.25) is 0 Å². The highest BCUT2D eigenvalue weighted by Crippen LogP contribution is 2.26. The molecule has 0 radical (unpaired) electrons. The Morgan fingerprint density at radius 3 is 2.56 bits per heavy atom. The summed E-state index contributed by atoms with van der Waals surface area (Å²) in [5.74, 6) is 0.391. The Morgan fingerprint density at radius 2 is 2.00 bits per heavy atom. The minimum Gasteiger partial charge on any atom is -0.356 e. The predicted molar refractivity (Wildman–Crippen MR) is 58.0 cm³/mol. The van der Waals surface area contributed by atoms with E-state index in [1.807, 2.05) is 0 Å². The standard InChI is InChI=1S/C10H10N2O3S/c1-7-6-9(15-12-7)8-4-2-3-5-10(8)16(11,13)14/h2-6H,1H3,(H2,11,13,14). The highest BCUT2D eigenvalue weighted by atomic mass is 32.2. The van der Waals surface area contributed by atoms with Gasteiger partial charge in [0.15, 0.2) is 5.76 Å². The molecule has 5 nitrogen and oxygen atoms in total. The van der Waals surface area contributed by atoms with Gasteiger partial charge in [0.25, 0.3) is 0 Å². The van der Waals surface area contributed by atoms with E-state index in [0.717, 1.165) is 0 Å². The molecule has 0 fully saturated rings. The van der Waals surface area contributed by atoms with Crippen molar-refractivity contribution in [1.29, 1.82) is 0 Å². The quantitative estimate of drug-likeness (QED) is 0.854. The Bertz CT molecular complexity index is 616. The van der Waals surface area contributed by atoms with Gasteiger partial charge in [0.1, 0.15) is 0 Å². The molecule has 0 aliphatic rings. The monoisotopic (exact) mass is 238 g/mol. The summed E-state index contributed by atoms with van der Waals surface area (Å²) in [4.78, 5) is 0.0335. The molecule has 2 rings (SSSR count). The molecule has 2 N–H and O–H groups in total. The number of nitrogens with zero attached hydrogens (tertiary/aromatic N) is 1. The van der Waals surface area contributed by atoms with Gasteiger partial charge >= 0.3 is 0 Å². The normalized spacial score (nSPS) is 11.6. The minimum absolute atomic E-state index is 0.0335. The fraction of sp³-hybridized carbons (Fsp3) is 0.100. The molecule has 0 amide bonds. The lowest BCUT2D eigenvalue weighted by Crippen LogP contribution is -2.13. The van der Waals surface area contributed by atoms with Gasteiger partial charge < -0.3 is 4.52 Å². The highest BCUT2D eigenvalue weighted by molar-refractivity contribution is 7.89. The summed E-state index contributed by atoms with van der Waals surface area (Å²) in [6.07, 6.45) is 0. The van der Waals surface area contributed by atoms with Crippen molar-refractivity contribution in [2.75, 3.05) is 0 Å². The van der Waals surface area contributed by atoms with Gasteiger partial charge in [-0.25, -0.2) is 13.6 Å². The van der Waals surface area contributed by atoms with Crippen molar-refractivity contribution >= 4 is 10.0 Å². The third-order valence-electron chi connectivity index (χ3n) is 2.09. The van der Waals surface area contributed by atoms with Gasteiger partial charge in [-0.1, -0.05) is 17.3 Å². The van der Waals surface area contributed by atoms with Crippen LogP contribution in [0, 0.1) is 6.92 Å². The van der Waals surface area contributed by atoms with Crippen LogP contribution >= 0.6 is 0 Å². The Hall–Kier alpha value is -1.66. The first-order valence-electron chi connectivity index (χ1n) is 4.54. The van der Waals surface area contributed by atoms with E-state index >= 15 is 0 Å². The second-order valence-corrected chi connectivity index (χ2v) is 4.90. The molecule has 0 unspecified atom stereocenters. The molecule has 16 heavy (non-hydrogen) atoms. The lowest BCUT2D eigenvalue weighted by molar-refractivity contribution is 0.426. The largest absolute Gasteiger partial charge is 0.356 e. The Balaban J connectivity index is 2.66. The van der Waals surface area contributed by atoms with Crippen LogP contribution in [-0.4, -0.2) is 13.6 Å². The van der Waals surface area contributed by atoms with Crippen molar-refractivity contribution in [3.8, 4) is 11.3 Å². The van der Waals surface area contributed by atoms with Crippen LogP contribution in [-0.2, 0) is 10.0 Å². The van der Waals surface area contributed by atoms with Crippen molar-refractivity contribution in [3.63, 3.8) is 0 Å². The first kappa shape index (κ1) is 10.8. The van der Waals surface area contributed by atoms with Crippen molar-refractivity contribution in [1.82, 2.24) is 5.16 Å². The number of hydrogen-bond donors (Lipinski definition) is 1. The summed E-state index contributed by atoms with van der Waals surface area (Å²) in [5.41, 5.74) is 1.10. The summed E-state index contributed by atoms with van der Waals surface area (Å²) in [7, 11) is -3.76.